The summed E-state index contributed by atoms with van der Waals surface area (Å²) >= 11 is 15.7. The van der Waals surface area contributed by atoms with Crippen LogP contribution in [0.1, 0.15) is 58.3 Å². The normalized spacial score (nSPS) is 29.1. The van der Waals surface area contributed by atoms with E-state index < -0.39 is 4.33 Å². The number of hydrogen-bond acceptors (Lipinski definition) is 0. The molecule has 0 radical (unpaired) electrons. The summed E-state index contributed by atoms with van der Waals surface area (Å²) in [6.45, 7) is 2.24. The second kappa shape index (κ2) is 5.41. The smallest absolute Gasteiger partial charge is 0.100 e. The predicted molar refractivity (Wildman–Crippen MR) is 68.7 cm³/mol. The van der Waals surface area contributed by atoms with Crippen molar-refractivity contribution in [2.75, 3.05) is 0 Å². The van der Waals surface area contributed by atoms with E-state index in [9.17, 15) is 0 Å². The Morgan fingerprint density at radius 1 is 1.07 bits per heavy atom. The number of hydrogen-bond donors (Lipinski definition) is 0. The lowest BCUT2D eigenvalue weighted by atomic mass is 10.1. The third kappa shape index (κ3) is 3.57. The van der Waals surface area contributed by atoms with Gasteiger partial charge in [-0.3, -0.25) is 0 Å². The summed E-state index contributed by atoms with van der Waals surface area (Å²) < 4.78 is -0.454. The van der Waals surface area contributed by atoms with Crippen LogP contribution in [0, 0.1) is 0 Å². The molecule has 14 heavy (non-hydrogen) atoms. The molecule has 0 amide bonds. The van der Waals surface area contributed by atoms with Gasteiger partial charge in [-0.1, -0.05) is 61.4 Å². The van der Waals surface area contributed by atoms with Crippen LogP contribution in [-0.2, 0) is 0 Å². The van der Waals surface area contributed by atoms with Gasteiger partial charge in [0.15, 0.2) is 0 Å². The molecule has 1 aliphatic carbocycles. The first-order valence-electron chi connectivity index (χ1n) is 5.58. The Kier molecular flexibility index (Phi) is 5.07. The molecule has 1 saturated carbocycles. The Balaban J connectivity index is 1.95. The minimum atomic E-state index is -0.490. The average Bonchev–Trinajstić information content (AvgIpc) is 2.59. The minimum absolute atomic E-state index is 0.0356. The molecule has 1 rings (SSSR count). The zero-order valence-electron chi connectivity index (χ0n) is 8.79. The van der Waals surface area contributed by atoms with Crippen LogP contribution < -0.4 is 0 Å². The van der Waals surface area contributed by atoms with Gasteiger partial charge in [-0.25, -0.2) is 0 Å². The maximum Gasteiger partial charge on any atom is 0.135 e. The first-order valence-corrected chi connectivity index (χ1v) is 7.13. The van der Waals surface area contributed by atoms with Crippen molar-refractivity contribution in [3.8, 4) is 0 Å². The summed E-state index contributed by atoms with van der Waals surface area (Å²) in [6.07, 6.45) is 9.99. The third-order valence-corrected chi connectivity index (χ3v) is 5.76. The van der Waals surface area contributed by atoms with Gasteiger partial charge in [-0.05, 0) is 12.8 Å². The Bertz CT molecular complexity index is 182. The van der Waals surface area contributed by atoms with Gasteiger partial charge in [0.1, 0.15) is 4.33 Å². The molecule has 1 fully saturated rings. The molecule has 0 aliphatic heterocycles. The second-order valence-corrected chi connectivity index (χ2v) is 7.37. The summed E-state index contributed by atoms with van der Waals surface area (Å²) in [5, 5.41) is 0. The maximum absolute atomic E-state index is 6.03. The standard InChI is InChI=1S/C11H19BrCl2/c1-2-3-4-5-6-7-8-10(12)9-11(10,13)14/h2-9H2,1H3. The molecule has 0 aromatic heterocycles. The van der Waals surface area contributed by atoms with Crippen LogP contribution in [0.4, 0.5) is 0 Å². The van der Waals surface area contributed by atoms with Crippen molar-refractivity contribution in [2.24, 2.45) is 0 Å². The molecular weight excluding hydrogens is 283 g/mol. The van der Waals surface area contributed by atoms with E-state index in [-0.39, 0.29) is 4.32 Å². The fourth-order valence-electron chi connectivity index (χ4n) is 1.76. The molecule has 0 aromatic rings. The summed E-state index contributed by atoms with van der Waals surface area (Å²) in [5.41, 5.74) is 0. The van der Waals surface area contributed by atoms with E-state index in [1.165, 1.54) is 38.5 Å². The van der Waals surface area contributed by atoms with Gasteiger partial charge in [0.05, 0.1) is 4.32 Å². The fourth-order valence-corrected chi connectivity index (χ4v) is 3.43. The van der Waals surface area contributed by atoms with Crippen LogP contribution in [-0.4, -0.2) is 8.66 Å². The van der Waals surface area contributed by atoms with Gasteiger partial charge in [0, 0.05) is 0 Å². The lowest BCUT2D eigenvalue weighted by Gasteiger charge is -2.09. The Labute approximate surface area is 106 Å². The highest BCUT2D eigenvalue weighted by atomic mass is 79.9. The molecule has 0 aromatic carbocycles. The molecule has 1 atom stereocenters. The molecule has 0 spiro atoms. The van der Waals surface area contributed by atoms with E-state index in [1.54, 1.807) is 0 Å². The van der Waals surface area contributed by atoms with Crippen molar-refractivity contribution in [1.82, 2.24) is 0 Å². The van der Waals surface area contributed by atoms with Crippen LogP contribution in [0.25, 0.3) is 0 Å². The molecule has 1 aliphatic rings. The van der Waals surface area contributed by atoms with Gasteiger partial charge in [-0.15, -0.1) is 23.2 Å². The highest BCUT2D eigenvalue weighted by molar-refractivity contribution is 9.10. The zero-order valence-corrected chi connectivity index (χ0v) is 11.9. The molecule has 1 unspecified atom stereocenters. The number of unbranched alkanes of at least 4 members (excludes halogenated alkanes) is 5. The zero-order chi connectivity index (χ0) is 10.7. The molecule has 0 bridgehead atoms. The Morgan fingerprint density at radius 3 is 2.07 bits per heavy atom. The van der Waals surface area contributed by atoms with E-state index in [2.05, 4.69) is 22.9 Å². The summed E-state index contributed by atoms with van der Waals surface area (Å²) in [7, 11) is 0. The van der Waals surface area contributed by atoms with Crippen LogP contribution in [0.5, 0.6) is 0 Å². The maximum atomic E-state index is 6.03. The van der Waals surface area contributed by atoms with Crippen molar-refractivity contribution in [3.05, 3.63) is 0 Å². The second-order valence-electron chi connectivity index (χ2n) is 4.36. The van der Waals surface area contributed by atoms with E-state index in [1.807, 2.05) is 0 Å². The van der Waals surface area contributed by atoms with Gasteiger partial charge >= 0.3 is 0 Å². The van der Waals surface area contributed by atoms with Crippen LogP contribution in [0.3, 0.4) is 0 Å². The van der Waals surface area contributed by atoms with Crippen LogP contribution in [0.2, 0.25) is 0 Å². The highest BCUT2D eigenvalue weighted by Crippen LogP contribution is 2.64. The van der Waals surface area contributed by atoms with Crippen molar-refractivity contribution >= 4 is 39.1 Å². The number of rotatable bonds is 7. The predicted octanol–water partition coefficient (Wildman–Crippen LogP) is 5.45. The number of halogens is 3. The molecule has 0 nitrogen and oxygen atoms in total. The number of alkyl halides is 3. The lowest BCUT2D eigenvalue weighted by Crippen LogP contribution is -2.07. The van der Waals surface area contributed by atoms with Crippen LogP contribution in [0.15, 0.2) is 0 Å². The summed E-state index contributed by atoms with van der Waals surface area (Å²) in [4.78, 5) is 0. The topological polar surface area (TPSA) is 0 Å². The van der Waals surface area contributed by atoms with Gasteiger partial charge in [0.2, 0.25) is 0 Å². The van der Waals surface area contributed by atoms with E-state index in [0.717, 1.165) is 12.8 Å². The van der Waals surface area contributed by atoms with E-state index in [4.69, 9.17) is 23.2 Å². The molecule has 84 valence electrons. The van der Waals surface area contributed by atoms with Gasteiger partial charge < -0.3 is 0 Å². The molecule has 3 heteroatoms. The first kappa shape index (κ1) is 13.1. The Morgan fingerprint density at radius 2 is 1.57 bits per heavy atom. The van der Waals surface area contributed by atoms with Gasteiger partial charge in [0.25, 0.3) is 0 Å². The summed E-state index contributed by atoms with van der Waals surface area (Å²) in [6, 6.07) is 0. The third-order valence-electron chi connectivity index (χ3n) is 2.96. The van der Waals surface area contributed by atoms with Crippen molar-refractivity contribution in [1.29, 1.82) is 0 Å². The highest BCUT2D eigenvalue weighted by Gasteiger charge is 2.64. The fraction of sp³-hybridized carbons (Fsp3) is 1.00. The monoisotopic (exact) mass is 300 g/mol. The quantitative estimate of drug-likeness (QED) is 0.433. The molecule has 0 saturated heterocycles. The van der Waals surface area contributed by atoms with E-state index >= 15 is 0 Å². The van der Waals surface area contributed by atoms with Crippen molar-refractivity contribution in [3.63, 3.8) is 0 Å². The molecule has 0 heterocycles. The first-order chi connectivity index (χ1) is 6.52. The lowest BCUT2D eigenvalue weighted by molar-refractivity contribution is 0.581. The SMILES string of the molecule is CCCCCCCCC1(Br)CC1(Cl)Cl. The minimum Gasteiger partial charge on any atom is -0.100 e. The molecule has 0 N–H and O–H groups in total. The largest absolute Gasteiger partial charge is 0.135 e. The average molecular weight is 302 g/mol. The molecular formula is C11H19BrCl2. The van der Waals surface area contributed by atoms with Crippen molar-refractivity contribution in [2.45, 2.75) is 66.9 Å². The van der Waals surface area contributed by atoms with Crippen molar-refractivity contribution < 1.29 is 0 Å². The summed E-state index contributed by atoms with van der Waals surface area (Å²) in [5.74, 6) is 0. The Hall–Kier alpha value is 1.06. The van der Waals surface area contributed by atoms with Crippen LogP contribution >= 0.6 is 39.1 Å². The van der Waals surface area contributed by atoms with Gasteiger partial charge in [-0.2, -0.15) is 0 Å². The van der Waals surface area contributed by atoms with E-state index in [0.29, 0.717) is 0 Å².